The standard InChI is InChI=1S/C27H36N2/c1-5-8-10-17-27(4)18-15-23(16-19-27)24(11-7-3)21-25-14-13-22(12-9-6-2)20-26(28)29-25/h7-13,15-16,18,21H,3,5-6,14,17,19-20H2,1-2,4H3,(H2,28,29)/b10-8+,12-9+,24-11+,25-21+. The van der Waals surface area contributed by atoms with Crippen molar-refractivity contribution in [1.82, 2.24) is 0 Å². The zero-order valence-corrected chi connectivity index (χ0v) is 18.3. The molecule has 0 saturated heterocycles. The molecule has 2 aliphatic rings. The van der Waals surface area contributed by atoms with E-state index in [-0.39, 0.29) is 5.41 Å². The van der Waals surface area contributed by atoms with Gasteiger partial charge in [0, 0.05) is 18.5 Å². The van der Waals surface area contributed by atoms with E-state index in [1.54, 1.807) is 0 Å². The van der Waals surface area contributed by atoms with Crippen molar-refractivity contribution < 1.29 is 0 Å². The number of amidine groups is 1. The van der Waals surface area contributed by atoms with Gasteiger partial charge in [0.2, 0.25) is 0 Å². The summed E-state index contributed by atoms with van der Waals surface area (Å²) in [6, 6.07) is 0. The van der Waals surface area contributed by atoms with Gasteiger partial charge in [-0.3, -0.25) is 0 Å². The van der Waals surface area contributed by atoms with Crippen LogP contribution in [0.25, 0.3) is 0 Å². The van der Waals surface area contributed by atoms with E-state index in [1.807, 2.05) is 6.08 Å². The first-order valence-electron chi connectivity index (χ1n) is 10.8. The summed E-state index contributed by atoms with van der Waals surface area (Å²) in [5, 5.41) is 0. The van der Waals surface area contributed by atoms with Crippen LogP contribution in [0.15, 0.2) is 101 Å². The van der Waals surface area contributed by atoms with Crippen LogP contribution < -0.4 is 5.73 Å². The van der Waals surface area contributed by atoms with E-state index < -0.39 is 0 Å². The predicted octanol–water partition coefficient (Wildman–Crippen LogP) is 7.28. The minimum Gasteiger partial charge on any atom is -0.387 e. The van der Waals surface area contributed by atoms with Crippen LogP contribution >= 0.6 is 0 Å². The molecule has 0 saturated carbocycles. The van der Waals surface area contributed by atoms with E-state index in [0.29, 0.717) is 12.3 Å². The summed E-state index contributed by atoms with van der Waals surface area (Å²) in [4.78, 5) is 4.66. The molecule has 1 atom stereocenters. The molecule has 1 aliphatic carbocycles. The maximum atomic E-state index is 6.17. The molecule has 154 valence electrons. The second kappa shape index (κ2) is 11.4. The maximum absolute atomic E-state index is 6.17. The van der Waals surface area contributed by atoms with Gasteiger partial charge in [0.05, 0.1) is 0 Å². The molecule has 0 bridgehead atoms. The minimum atomic E-state index is 0.190. The summed E-state index contributed by atoms with van der Waals surface area (Å²) >= 11 is 0. The average Bonchev–Trinajstić information content (AvgIpc) is 2.87. The SMILES string of the molecule is C=C/C=C(\C=C1/CC=C(/C=C/CC)CC(N)=N1)C1=CCC(C)(C/C=C/CC)C=C1. The van der Waals surface area contributed by atoms with E-state index in [4.69, 9.17) is 5.73 Å². The molecule has 0 aromatic heterocycles. The first-order chi connectivity index (χ1) is 14.0. The van der Waals surface area contributed by atoms with Gasteiger partial charge in [0.1, 0.15) is 5.84 Å². The number of nitrogens with zero attached hydrogens (tertiary/aromatic N) is 1. The Hall–Kier alpha value is -2.61. The Bertz CT molecular complexity index is 825. The lowest BCUT2D eigenvalue weighted by Crippen LogP contribution is -2.14. The third-order valence-electron chi connectivity index (χ3n) is 5.21. The highest BCUT2D eigenvalue weighted by Gasteiger charge is 2.21. The van der Waals surface area contributed by atoms with Crippen LogP contribution in [-0.2, 0) is 0 Å². The van der Waals surface area contributed by atoms with Crippen molar-refractivity contribution in [1.29, 1.82) is 0 Å². The van der Waals surface area contributed by atoms with Crippen LogP contribution in [0.5, 0.6) is 0 Å². The van der Waals surface area contributed by atoms with Crippen molar-refractivity contribution in [3.63, 3.8) is 0 Å². The lowest BCUT2D eigenvalue weighted by molar-refractivity contribution is 0.434. The number of hydrogen-bond acceptors (Lipinski definition) is 2. The summed E-state index contributed by atoms with van der Waals surface area (Å²) < 4.78 is 0. The molecule has 1 heterocycles. The Labute approximate surface area is 177 Å². The number of hydrogen-bond donors (Lipinski definition) is 1. The fourth-order valence-corrected chi connectivity index (χ4v) is 3.46. The van der Waals surface area contributed by atoms with E-state index in [2.05, 4.69) is 93.1 Å². The highest BCUT2D eigenvalue weighted by atomic mass is 14.9. The molecule has 0 spiro atoms. The second-order valence-corrected chi connectivity index (χ2v) is 8.00. The van der Waals surface area contributed by atoms with Crippen molar-refractivity contribution in [3.05, 3.63) is 95.8 Å². The molecule has 2 nitrogen and oxygen atoms in total. The topological polar surface area (TPSA) is 38.4 Å². The molecule has 0 aromatic rings. The Balaban J connectivity index is 2.21. The number of nitrogens with two attached hydrogens (primary N) is 1. The summed E-state index contributed by atoms with van der Waals surface area (Å²) in [7, 11) is 0. The molecular weight excluding hydrogens is 352 g/mol. The smallest absolute Gasteiger partial charge is 0.104 e. The molecule has 1 unspecified atom stereocenters. The van der Waals surface area contributed by atoms with Crippen LogP contribution in [-0.4, -0.2) is 5.84 Å². The van der Waals surface area contributed by atoms with Gasteiger partial charge in [-0.2, -0.15) is 0 Å². The van der Waals surface area contributed by atoms with Gasteiger partial charge in [-0.15, -0.1) is 0 Å². The predicted molar refractivity (Wildman–Crippen MR) is 129 cm³/mol. The number of aliphatic imine (C=N–C) groups is 1. The lowest BCUT2D eigenvalue weighted by Gasteiger charge is -2.27. The first kappa shape index (κ1) is 22.7. The maximum Gasteiger partial charge on any atom is 0.104 e. The molecular formula is C27H36N2. The summed E-state index contributed by atoms with van der Waals surface area (Å²) in [6.07, 6.45) is 29.8. The zero-order valence-electron chi connectivity index (χ0n) is 18.3. The van der Waals surface area contributed by atoms with Gasteiger partial charge >= 0.3 is 0 Å². The fraction of sp³-hybridized carbons (Fsp3) is 0.370. The fourth-order valence-electron chi connectivity index (χ4n) is 3.46. The van der Waals surface area contributed by atoms with Crippen molar-refractivity contribution in [2.45, 2.75) is 59.3 Å². The Morgan fingerprint density at radius 3 is 2.66 bits per heavy atom. The Kier molecular flexibility index (Phi) is 8.92. The van der Waals surface area contributed by atoms with Gasteiger partial charge < -0.3 is 5.73 Å². The molecule has 2 N–H and O–H groups in total. The quantitative estimate of drug-likeness (QED) is 0.344. The van der Waals surface area contributed by atoms with Gasteiger partial charge in [-0.1, -0.05) is 88.1 Å². The van der Waals surface area contributed by atoms with Crippen LogP contribution in [0.1, 0.15) is 59.3 Å². The van der Waals surface area contributed by atoms with Crippen LogP contribution in [0.2, 0.25) is 0 Å². The zero-order chi connectivity index (χ0) is 21.1. The highest BCUT2D eigenvalue weighted by molar-refractivity contribution is 5.84. The molecule has 2 rings (SSSR count). The minimum absolute atomic E-state index is 0.190. The van der Waals surface area contributed by atoms with Crippen molar-refractivity contribution in [2.75, 3.05) is 0 Å². The second-order valence-electron chi connectivity index (χ2n) is 8.00. The van der Waals surface area contributed by atoms with Crippen LogP contribution in [0.4, 0.5) is 0 Å². The molecule has 2 heteroatoms. The summed E-state index contributed by atoms with van der Waals surface area (Å²) in [6.45, 7) is 10.5. The molecule has 1 aliphatic heterocycles. The summed E-state index contributed by atoms with van der Waals surface area (Å²) in [5.41, 5.74) is 10.9. The molecule has 0 aromatic carbocycles. The first-order valence-corrected chi connectivity index (χ1v) is 10.8. The van der Waals surface area contributed by atoms with Crippen LogP contribution in [0.3, 0.4) is 0 Å². The van der Waals surface area contributed by atoms with E-state index in [1.165, 1.54) is 11.1 Å². The van der Waals surface area contributed by atoms with Gasteiger partial charge in [0.15, 0.2) is 0 Å². The van der Waals surface area contributed by atoms with E-state index in [9.17, 15) is 0 Å². The third kappa shape index (κ3) is 7.38. The average molecular weight is 389 g/mol. The van der Waals surface area contributed by atoms with Crippen LogP contribution in [0, 0.1) is 5.41 Å². The molecule has 0 radical (unpaired) electrons. The van der Waals surface area contributed by atoms with Crippen molar-refractivity contribution in [2.24, 2.45) is 16.1 Å². The number of rotatable bonds is 8. The van der Waals surface area contributed by atoms with E-state index >= 15 is 0 Å². The van der Waals surface area contributed by atoms with Crippen molar-refractivity contribution in [3.8, 4) is 0 Å². The largest absolute Gasteiger partial charge is 0.387 e. The van der Waals surface area contributed by atoms with Gasteiger partial charge in [0.25, 0.3) is 0 Å². The molecule has 29 heavy (non-hydrogen) atoms. The van der Waals surface area contributed by atoms with Gasteiger partial charge in [-0.05, 0) is 53.9 Å². The molecule has 0 amide bonds. The summed E-state index contributed by atoms with van der Waals surface area (Å²) in [5.74, 6) is 0.669. The monoisotopic (exact) mass is 388 g/mol. The van der Waals surface area contributed by atoms with Crippen molar-refractivity contribution >= 4 is 5.84 Å². The highest BCUT2D eigenvalue weighted by Crippen LogP contribution is 2.35. The molecule has 0 fully saturated rings. The normalized spacial score (nSPS) is 24.6. The number of allylic oxidation sites excluding steroid dienone is 13. The third-order valence-corrected chi connectivity index (χ3v) is 5.21. The Morgan fingerprint density at radius 1 is 1.21 bits per heavy atom. The Morgan fingerprint density at radius 2 is 2.00 bits per heavy atom. The van der Waals surface area contributed by atoms with Gasteiger partial charge in [-0.25, -0.2) is 4.99 Å². The van der Waals surface area contributed by atoms with E-state index in [0.717, 1.165) is 43.4 Å². The lowest BCUT2D eigenvalue weighted by atomic mass is 9.78.